The number of amides is 2. The highest BCUT2D eigenvalue weighted by Gasteiger charge is 2.07. The van der Waals surface area contributed by atoms with E-state index in [1.807, 2.05) is 31.2 Å². The fourth-order valence-corrected chi connectivity index (χ4v) is 2.33. The summed E-state index contributed by atoms with van der Waals surface area (Å²) < 4.78 is 11.2. The molecule has 6 nitrogen and oxygen atoms in total. The Hall–Kier alpha value is -3.02. The van der Waals surface area contributed by atoms with E-state index in [9.17, 15) is 9.59 Å². The Morgan fingerprint density at radius 2 is 1.62 bits per heavy atom. The molecule has 2 amide bonds. The van der Waals surface area contributed by atoms with Crippen molar-refractivity contribution in [2.75, 3.05) is 25.6 Å². The molecule has 2 aromatic carbocycles. The summed E-state index contributed by atoms with van der Waals surface area (Å²) in [5.74, 6) is 1.13. The van der Waals surface area contributed by atoms with E-state index in [-0.39, 0.29) is 11.8 Å². The van der Waals surface area contributed by atoms with Gasteiger partial charge in [0.2, 0.25) is 5.91 Å². The second-order valence-electron chi connectivity index (χ2n) is 5.54. The molecule has 0 heterocycles. The topological polar surface area (TPSA) is 76.7 Å². The van der Waals surface area contributed by atoms with Crippen LogP contribution in [0, 0.1) is 0 Å². The van der Waals surface area contributed by atoms with Gasteiger partial charge in [-0.15, -0.1) is 0 Å². The average Bonchev–Trinajstić information content (AvgIpc) is 2.66. The fourth-order valence-electron chi connectivity index (χ4n) is 2.33. The maximum absolute atomic E-state index is 12.0. The van der Waals surface area contributed by atoms with Crippen LogP contribution in [-0.4, -0.2) is 32.1 Å². The van der Waals surface area contributed by atoms with Gasteiger partial charge in [-0.1, -0.05) is 12.1 Å². The number of anilines is 1. The molecule has 2 aromatic rings. The van der Waals surface area contributed by atoms with E-state index in [1.54, 1.807) is 31.3 Å². The summed E-state index contributed by atoms with van der Waals surface area (Å²) in [4.78, 5) is 23.5. The van der Waals surface area contributed by atoms with Crippen molar-refractivity contribution in [3.8, 4) is 11.5 Å². The molecule has 2 rings (SSSR count). The molecule has 0 radical (unpaired) electrons. The minimum Gasteiger partial charge on any atom is -0.490 e. The highest BCUT2D eigenvalue weighted by atomic mass is 16.5. The highest BCUT2D eigenvalue weighted by Crippen LogP contribution is 2.26. The number of para-hydroxylation sites is 2. The molecular weight excluding hydrogens is 332 g/mol. The Bertz CT molecular complexity index is 729. The Morgan fingerprint density at radius 3 is 2.23 bits per heavy atom. The predicted octanol–water partition coefficient (Wildman–Crippen LogP) is 3.24. The number of carbonyl (C=O) groups is 2. The van der Waals surface area contributed by atoms with Crippen LogP contribution < -0.4 is 20.1 Å². The molecule has 0 spiro atoms. The standard InChI is InChI=1S/C20H24N2O4/c1-3-25-17-7-4-5-8-18(17)26-14-6-9-19(23)22-16-12-10-15(11-13-16)20(24)21-2/h4-5,7-8,10-13H,3,6,9,14H2,1-2H3,(H,21,24)(H,22,23). The third kappa shape index (κ3) is 5.81. The molecule has 0 atom stereocenters. The lowest BCUT2D eigenvalue weighted by Crippen LogP contribution is -2.18. The average molecular weight is 356 g/mol. The molecule has 0 aliphatic carbocycles. The van der Waals surface area contributed by atoms with Gasteiger partial charge in [0.25, 0.3) is 5.91 Å². The van der Waals surface area contributed by atoms with Gasteiger partial charge in [0, 0.05) is 24.7 Å². The molecule has 0 unspecified atom stereocenters. The molecular formula is C20H24N2O4. The van der Waals surface area contributed by atoms with E-state index < -0.39 is 0 Å². The second kappa shape index (κ2) is 10.1. The third-order valence-electron chi connectivity index (χ3n) is 3.61. The Labute approximate surface area is 153 Å². The van der Waals surface area contributed by atoms with Crippen LogP contribution >= 0.6 is 0 Å². The Balaban J connectivity index is 1.75. The first kappa shape index (κ1) is 19.3. The molecule has 0 saturated carbocycles. The van der Waals surface area contributed by atoms with E-state index >= 15 is 0 Å². The highest BCUT2D eigenvalue weighted by molar-refractivity contribution is 5.95. The van der Waals surface area contributed by atoms with Crippen molar-refractivity contribution in [2.24, 2.45) is 0 Å². The lowest BCUT2D eigenvalue weighted by Gasteiger charge is -2.11. The summed E-state index contributed by atoms with van der Waals surface area (Å²) in [5, 5.41) is 5.36. The van der Waals surface area contributed by atoms with Gasteiger partial charge in [-0.3, -0.25) is 9.59 Å². The van der Waals surface area contributed by atoms with Crippen molar-refractivity contribution in [3.63, 3.8) is 0 Å². The predicted molar refractivity (Wildman–Crippen MR) is 101 cm³/mol. The monoisotopic (exact) mass is 356 g/mol. The maximum Gasteiger partial charge on any atom is 0.251 e. The van der Waals surface area contributed by atoms with Crippen LogP contribution in [0.15, 0.2) is 48.5 Å². The van der Waals surface area contributed by atoms with E-state index in [2.05, 4.69) is 10.6 Å². The van der Waals surface area contributed by atoms with Crippen LogP contribution in [0.5, 0.6) is 11.5 Å². The first-order valence-electron chi connectivity index (χ1n) is 8.60. The molecule has 2 N–H and O–H groups in total. The van der Waals surface area contributed by atoms with Gasteiger partial charge in [0.05, 0.1) is 13.2 Å². The molecule has 0 aliphatic heterocycles. The minimum atomic E-state index is -0.160. The summed E-state index contributed by atoms with van der Waals surface area (Å²) >= 11 is 0. The molecule has 0 bridgehead atoms. The van der Waals surface area contributed by atoms with Gasteiger partial charge in [-0.2, -0.15) is 0 Å². The quantitative estimate of drug-likeness (QED) is 0.676. The van der Waals surface area contributed by atoms with Crippen LogP contribution in [-0.2, 0) is 4.79 Å². The molecule has 0 saturated heterocycles. The number of hydrogen-bond acceptors (Lipinski definition) is 4. The van der Waals surface area contributed by atoms with Gasteiger partial charge in [0.1, 0.15) is 0 Å². The van der Waals surface area contributed by atoms with Crippen molar-refractivity contribution in [2.45, 2.75) is 19.8 Å². The molecule has 0 aromatic heterocycles. The van der Waals surface area contributed by atoms with E-state index in [4.69, 9.17) is 9.47 Å². The molecule has 6 heteroatoms. The summed E-state index contributed by atoms with van der Waals surface area (Å²) in [7, 11) is 1.58. The smallest absolute Gasteiger partial charge is 0.251 e. The first-order valence-corrected chi connectivity index (χ1v) is 8.60. The van der Waals surface area contributed by atoms with Gasteiger partial charge < -0.3 is 20.1 Å². The van der Waals surface area contributed by atoms with E-state index in [1.165, 1.54) is 0 Å². The summed E-state index contributed by atoms with van der Waals surface area (Å²) in [5.41, 5.74) is 1.21. The van der Waals surface area contributed by atoms with Crippen molar-refractivity contribution in [1.29, 1.82) is 0 Å². The zero-order valence-electron chi connectivity index (χ0n) is 15.1. The lowest BCUT2D eigenvalue weighted by atomic mass is 10.2. The van der Waals surface area contributed by atoms with Crippen LogP contribution in [0.4, 0.5) is 5.69 Å². The SMILES string of the molecule is CCOc1ccccc1OCCCC(=O)Nc1ccc(C(=O)NC)cc1. The number of hydrogen-bond donors (Lipinski definition) is 2. The van der Waals surface area contributed by atoms with Gasteiger partial charge in [-0.05, 0) is 49.7 Å². The van der Waals surface area contributed by atoms with Crippen molar-refractivity contribution < 1.29 is 19.1 Å². The summed E-state index contributed by atoms with van der Waals surface area (Å²) in [6.45, 7) is 2.91. The molecule has 0 fully saturated rings. The van der Waals surface area contributed by atoms with Crippen molar-refractivity contribution >= 4 is 17.5 Å². The molecule has 0 aliphatic rings. The molecule has 26 heavy (non-hydrogen) atoms. The van der Waals surface area contributed by atoms with Gasteiger partial charge in [0.15, 0.2) is 11.5 Å². The van der Waals surface area contributed by atoms with Crippen molar-refractivity contribution in [3.05, 3.63) is 54.1 Å². The zero-order chi connectivity index (χ0) is 18.8. The zero-order valence-corrected chi connectivity index (χ0v) is 15.1. The Kier molecular flexibility index (Phi) is 7.49. The number of rotatable bonds is 9. The lowest BCUT2D eigenvalue weighted by molar-refractivity contribution is -0.116. The fraction of sp³-hybridized carbons (Fsp3) is 0.300. The summed E-state index contributed by atoms with van der Waals surface area (Å²) in [6.07, 6.45) is 0.927. The number of benzene rings is 2. The van der Waals surface area contributed by atoms with Gasteiger partial charge >= 0.3 is 0 Å². The number of ether oxygens (including phenoxy) is 2. The third-order valence-corrected chi connectivity index (χ3v) is 3.61. The van der Waals surface area contributed by atoms with Gasteiger partial charge in [-0.25, -0.2) is 0 Å². The number of carbonyl (C=O) groups excluding carboxylic acids is 2. The van der Waals surface area contributed by atoms with E-state index in [0.717, 1.165) is 0 Å². The van der Waals surface area contributed by atoms with Crippen molar-refractivity contribution in [1.82, 2.24) is 5.32 Å². The van der Waals surface area contributed by atoms with Crippen LogP contribution in [0.25, 0.3) is 0 Å². The van der Waals surface area contributed by atoms with Crippen LogP contribution in [0.3, 0.4) is 0 Å². The number of nitrogens with one attached hydrogen (secondary N) is 2. The second-order valence-corrected chi connectivity index (χ2v) is 5.54. The molecule has 138 valence electrons. The minimum absolute atomic E-state index is 0.0978. The maximum atomic E-state index is 12.0. The largest absolute Gasteiger partial charge is 0.490 e. The normalized spacial score (nSPS) is 10.1. The van der Waals surface area contributed by atoms with Crippen LogP contribution in [0.1, 0.15) is 30.1 Å². The van der Waals surface area contributed by atoms with Crippen LogP contribution in [0.2, 0.25) is 0 Å². The van der Waals surface area contributed by atoms with E-state index in [0.29, 0.717) is 48.8 Å². The summed E-state index contributed by atoms with van der Waals surface area (Å²) in [6, 6.07) is 14.2. The Morgan fingerprint density at radius 1 is 0.962 bits per heavy atom. The first-order chi connectivity index (χ1) is 12.6.